The Labute approximate surface area is 135 Å². The van der Waals surface area contributed by atoms with Gasteiger partial charge >= 0.3 is 5.97 Å². The van der Waals surface area contributed by atoms with E-state index < -0.39 is 11.9 Å². The molecule has 1 fully saturated rings. The molecule has 1 aliphatic heterocycles. The number of aliphatic carboxylic acids is 1. The summed E-state index contributed by atoms with van der Waals surface area (Å²) in [4.78, 5) is 26.0. The van der Waals surface area contributed by atoms with E-state index in [0.29, 0.717) is 19.4 Å². The highest BCUT2D eigenvalue weighted by molar-refractivity contribution is 5.89. The second-order valence-corrected chi connectivity index (χ2v) is 6.08. The maximum absolute atomic E-state index is 12.4. The minimum absolute atomic E-state index is 0.0577. The molecule has 4 nitrogen and oxygen atoms in total. The Bertz CT molecular complexity index is 735. The summed E-state index contributed by atoms with van der Waals surface area (Å²) >= 11 is 0. The van der Waals surface area contributed by atoms with Gasteiger partial charge in [0.2, 0.25) is 5.91 Å². The third kappa shape index (κ3) is 2.81. The Morgan fingerprint density at radius 3 is 2.70 bits per heavy atom. The van der Waals surface area contributed by atoms with Gasteiger partial charge in [-0.1, -0.05) is 49.4 Å². The first-order valence-electron chi connectivity index (χ1n) is 8.13. The number of rotatable bonds is 4. The van der Waals surface area contributed by atoms with Crippen LogP contribution in [0.2, 0.25) is 0 Å². The lowest BCUT2D eigenvalue weighted by atomic mass is 9.82. The summed E-state index contributed by atoms with van der Waals surface area (Å²) in [6, 6.07) is 13.5. The first kappa shape index (κ1) is 15.5. The van der Waals surface area contributed by atoms with E-state index in [-0.39, 0.29) is 11.9 Å². The summed E-state index contributed by atoms with van der Waals surface area (Å²) in [6.45, 7) is 2.61. The van der Waals surface area contributed by atoms with Crippen LogP contribution in [-0.2, 0) is 9.59 Å². The molecule has 0 radical (unpaired) electrons. The second kappa shape index (κ2) is 6.41. The molecule has 0 aromatic heterocycles. The van der Waals surface area contributed by atoms with Crippen LogP contribution in [0.3, 0.4) is 0 Å². The molecule has 4 heteroatoms. The summed E-state index contributed by atoms with van der Waals surface area (Å²) < 4.78 is 0. The number of hydrogen-bond donors (Lipinski definition) is 1. The molecule has 1 saturated heterocycles. The fraction of sp³-hybridized carbons (Fsp3) is 0.368. The van der Waals surface area contributed by atoms with Crippen LogP contribution in [-0.4, -0.2) is 28.4 Å². The number of carboxylic acid groups (broad SMARTS) is 1. The van der Waals surface area contributed by atoms with Crippen LogP contribution in [0.5, 0.6) is 0 Å². The summed E-state index contributed by atoms with van der Waals surface area (Å²) in [5.74, 6) is -1.32. The molecular formula is C19H21NO3. The standard InChI is InChI=1S/C19H21NO3/c1-2-12-20-17(21)11-10-16(19(22)23)18(20)15-9-5-7-13-6-3-4-8-14(13)15/h3-9,16,18H,2,10-12H2,1H3,(H,22,23)/t16-,18+/m0/s1. The van der Waals surface area contributed by atoms with E-state index in [1.165, 1.54) is 0 Å². The van der Waals surface area contributed by atoms with Crippen molar-refractivity contribution in [3.63, 3.8) is 0 Å². The topological polar surface area (TPSA) is 57.6 Å². The number of amides is 1. The lowest BCUT2D eigenvalue weighted by molar-refractivity contribution is -0.152. The van der Waals surface area contributed by atoms with Crippen molar-refractivity contribution in [2.75, 3.05) is 6.54 Å². The molecular weight excluding hydrogens is 290 g/mol. The fourth-order valence-electron chi connectivity index (χ4n) is 3.61. The Morgan fingerprint density at radius 2 is 1.96 bits per heavy atom. The second-order valence-electron chi connectivity index (χ2n) is 6.08. The maximum atomic E-state index is 12.4. The predicted molar refractivity (Wildman–Crippen MR) is 89.1 cm³/mol. The van der Waals surface area contributed by atoms with Crippen LogP contribution >= 0.6 is 0 Å². The van der Waals surface area contributed by atoms with Crippen molar-refractivity contribution in [1.82, 2.24) is 4.90 Å². The molecule has 0 spiro atoms. The third-order valence-electron chi connectivity index (χ3n) is 4.63. The van der Waals surface area contributed by atoms with Gasteiger partial charge in [0.05, 0.1) is 12.0 Å². The number of fused-ring (bicyclic) bond motifs is 1. The van der Waals surface area contributed by atoms with Gasteiger partial charge < -0.3 is 10.0 Å². The molecule has 0 unspecified atom stereocenters. The molecule has 2 aromatic carbocycles. The molecule has 23 heavy (non-hydrogen) atoms. The summed E-state index contributed by atoms with van der Waals surface area (Å²) in [6.07, 6.45) is 1.54. The molecule has 2 atom stereocenters. The minimum Gasteiger partial charge on any atom is -0.481 e. The van der Waals surface area contributed by atoms with Gasteiger partial charge in [0.15, 0.2) is 0 Å². The van der Waals surface area contributed by atoms with Gasteiger partial charge in [0, 0.05) is 13.0 Å². The molecule has 120 valence electrons. The molecule has 0 saturated carbocycles. The zero-order chi connectivity index (χ0) is 16.4. The Balaban J connectivity index is 2.16. The monoisotopic (exact) mass is 311 g/mol. The molecule has 1 heterocycles. The van der Waals surface area contributed by atoms with Gasteiger partial charge in [-0.25, -0.2) is 0 Å². The third-order valence-corrected chi connectivity index (χ3v) is 4.63. The van der Waals surface area contributed by atoms with Crippen LogP contribution in [0.25, 0.3) is 10.8 Å². The van der Waals surface area contributed by atoms with E-state index in [0.717, 1.165) is 22.8 Å². The van der Waals surface area contributed by atoms with Crippen molar-refractivity contribution < 1.29 is 14.7 Å². The van der Waals surface area contributed by atoms with Crippen molar-refractivity contribution >= 4 is 22.6 Å². The summed E-state index contributed by atoms with van der Waals surface area (Å²) in [7, 11) is 0. The normalized spacial score (nSPS) is 21.6. The van der Waals surface area contributed by atoms with Crippen LogP contribution < -0.4 is 0 Å². The number of nitrogens with zero attached hydrogens (tertiary/aromatic N) is 1. The van der Waals surface area contributed by atoms with E-state index in [4.69, 9.17) is 0 Å². The van der Waals surface area contributed by atoms with Crippen LogP contribution in [0.15, 0.2) is 42.5 Å². The number of piperidine rings is 1. The highest BCUT2D eigenvalue weighted by Gasteiger charge is 2.40. The Kier molecular flexibility index (Phi) is 4.33. The number of carbonyl (C=O) groups is 2. The Hall–Kier alpha value is -2.36. The van der Waals surface area contributed by atoms with E-state index in [1.54, 1.807) is 4.90 Å². The first-order chi connectivity index (χ1) is 11.1. The van der Waals surface area contributed by atoms with Gasteiger partial charge in [-0.15, -0.1) is 0 Å². The molecule has 0 bridgehead atoms. The summed E-state index contributed by atoms with van der Waals surface area (Å²) in [5.41, 5.74) is 0.942. The first-order valence-corrected chi connectivity index (χ1v) is 8.13. The van der Waals surface area contributed by atoms with Crippen LogP contribution in [0.1, 0.15) is 37.8 Å². The number of benzene rings is 2. The SMILES string of the molecule is CCCN1C(=O)CC[C@H](C(=O)O)[C@H]1c1cccc2ccccc12. The van der Waals surface area contributed by atoms with E-state index in [9.17, 15) is 14.7 Å². The van der Waals surface area contributed by atoms with Gasteiger partial charge in [-0.05, 0) is 29.2 Å². The fourth-order valence-corrected chi connectivity index (χ4v) is 3.61. The number of carbonyl (C=O) groups excluding carboxylic acids is 1. The van der Waals surface area contributed by atoms with Crippen LogP contribution in [0.4, 0.5) is 0 Å². The highest BCUT2D eigenvalue weighted by Crippen LogP contribution is 2.39. The quantitative estimate of drug-likeness (QED) is 0.938. The van der Waals surface area contributed by atoms with Gasteiger partial charge in [-0.2, -0.15) is 0 Å². The molecule has 1 N–H and O–H groups in total. The smallest absolute Gasteiger partial charge is 0.308 e. The summed E-state index contributed by atoms with van der Waals surface area (Å²) in [5, 5.41) is 11.8. The lowest BCUT2D eigenvalue weighted by Crippen LogP contribution is -2.45. The van der Waals surface area contributed by atoms with E-state index in [2.05, 4.69) is 0 Å². The largest absolute Gasteiger partial charge is 0.481 e. The molecule has 1 amide bonds. The van der Waals surface area contributed by atoms with E-state index in [1.807, 2.05) is 49.4 Å². The highest BCUT2D eigenvalue weighted by atomic mass is 16.4. The van der Waals surface area contributed by atoms with Crippen molar-refractivity contribution in [3.05, 3.63) is 48.0 Å². The van der Waals surface area contributed by atoms with Gasteiger partial charge in [0.1, 0.15) is 0 Å². The van der Waals surface area contributed by atoms with Crippen molar-refractivity contribution in [2.24, 2.45) is 5.92 Å². The molecule has 2 aromatic rings. The van der Waals surface area contributed by atoms with Crippen molar-refractivity contribution in [1.29, 1.82) is 0 Å². The number of likely N-dealkylation sites (tertiary alicyclic amines) is 1. The number of carboxylic acids is 1. The average molecular weight is 311 g/mol. The zero-order valence-electron chi connectivity index (χ0n) is 13.2. The number of hydrogen-bond acceptors (Lipinski definition) is 2. The Morgan fingerprint density at radius 1 is 1.22 bits per heavy atom. The van der Waals surface area contributed by atoms with E-state index >= 15 is 0 Å². The van der Waals surface area contributed by atoms with Crippen molar-refractivity contribution in [3.8, 4) is 0 Å². The zero-order valence-corrected chi connectivity index (χ0v) is 13.2. The average Bonchev–Trinajstić information content (AvgIpc) is 2.56. The van der Waals surface area contributed by atoms with Gasteiger partial charge in [-0.3, -0.25) is 9.59 Å². The maximum Gasteiger partial charge on any atom is 0.308 e. The van der Waals surface area contributed by atoms with Crippen LogP contribution in [0, 0.1) is 5.92 Å². The molecule has 0 aliphatic carbocycles. The predicted octanol–water partition coefficient (Wildman–Crippen LogP) is 3.61. The lowest BCUT2D eigenvalue weighted by Gasteiger charge is -2.40. The molecule has 1 aliphatic rings. The van der Waals surface area contributed by atoms with Crippen molar-refractivity contribution in [2.45, 2.75) is 32.2 Å². The van der Waals surface area contributed by atoms with Gasteiger partial charge in [0.25, 0.3) is 0 Å². The minimum atomic E-state index is -0.823. The molecule has 3 rings (SSSR count).